The molecule has 0 atom stereocenters. The molecule has 1 amide bonds. The zero-order valence-electron chi connectivity index (χ0n) is 11.0. The van der Waals surface area contributed by atoms with Gasteiger partial charge in [-0.2, -0.15) is 0 Å². The minimum absolute atomic E-state index is 0.392. The lowest BCUT2D eigenvalue weighted by Gasteiger charge is -2.18. The van der Waals surface area contributed by atoms with Crippen LogP contribution in [0.2, 0.25) is 0 Å². The Morgan fingerprint density at radius 3 is 2.50 bits per heavy atom. The number of nitrogen functional groups attached to an aromatic ring is 1. The number of nitrogens with two attached hydrogens (primary N) is 2. The summed E-state index contributed by atoms with van der Waals surface area (Å²) < 4.78 is 5.59. The third-order valence-corrected chi connectivity index (χ3v) is 2.85. The van der Waals surface area contributed by atoms with Crippen molar-refractivity contribution in [1.82, 2.24) is 4.90 Å². The second kappa shape index (κ2) is 6.86. The van der Waals surface area contributed by atoms with Gasteiger partial charge in [0.25, 0.3) is 0 Å². The largest absolute Gasteiger partial charge is 0.490 e. The SMILES string of the molecule is CCN(CC)CCOc1ccc(C(N)=O)cc1N. The van der Waals surface area contributed by atoms with E-state index in [4.69, 9.17) is 16.2 Å². The Labute approximate surface area is 108 Å². The molecule has 0 aliphatic heterocycles. The van der Waals surface area contributed by atoms with Gasteiger partial charge in [-0.15, -0.1) is 0 Å². The van der Waals surface area contributed by atoms with Gasteiger partial charge in [0.15, 0.2) is 0 Å². The molecule has 0 bridgehead atoms. The molecule has 5 nitrogen and oxygen atoms in total. The van der Waals surface area contributed by atoms with E-state index in [1.165, 1.54) is 6.07 Å². The maximum atomic E-state index is 11.0. The van der Waals surface area contributed by atoms with E-state index in [-0.39, 0.29) is 0 Å². The number of rotatable bonds is 7. The Morgan fingerprint density at radius 2 is 2.00 bits per heavy atom. The second-order valence-electron chi connectivity index (χ2n) is 3.99. The quantitative estimate of drug-likeness (QED) is 0.711. The third kappa shape index (κ3) is 3.92. The summed E-state index contributed by atoms with van der Waals surface area (Å²) in [6.45, 7) is 7.64. The average Bonchev–Trinajstić information content (AvgIpc) is 2.36. The van der Waals surface area contributed by atoms with Crippen molar-refractivity contribution in [3.63, 3.8) is 0 Å². The summed E-state index contributed by atoms with van der Waals surface area (Å²) in [7, 11) is 0. The zero-order valence-corrected chi connectivity index (χ0v) is 11.0. The van der Waals surface area contributed by atoms with Crippen LogP contribution >= 0.6 is 0 Å². The Bertz CT molecular complexity index is 403. The molecule has 1 aromatic carbocycles. The third-order valence-electron chi connectivity index (χ3n) is 2.85. The highest BCUT2D eigenvalue weighted by molar-refractivity contribution is 5.94. The molecule has 1 aromatic rings. The molecule has 0 saturated carbocycles. The van der Waals surface area contributed by atoms with Crippen molar-refractivity contribution in [1.29, 1.82) is 0 Å². The molecule has 0 aliphatic rings. The fourth-order valence-electron chi connectivity index (χ4n) is 1.66. The Balaban J connectivity index is 2.55. The van der Waals surface area contributed by atoms with Gasteiger partial charge in [-0.05, 0) is 31.3 Å². The molecule has 0 unspecified atom stereocenters. The topological polar surface area (TPSA) is 81.6 Å². The van der Waals surface area contributed by atoms with E-state index in [0.29, 0.717) is 23.6 Å². The number of ether oxygens (including phenoxy) is 1. The molecule has 0 radical (unpaired) electrons. The number of hydrogen-bond donors (Lipinski definition) is 2. The first kappa shape index (κ1) is 14.3. The first-order valence-corrected chi connectivity index (χ1v) is 6.13. The van der Waals surface area contributed by atoms with Crippen LogP contribution in [0.25, 0.3) is 0 Å². The molecule has 0 aliphatic carbocycles. The molecule has 4 N–H and O–H groups in total. The van der Waals surface area contributed by atoms with Crippen LogP contribution in [0.1, 0.15) is 24.2 Å². The molecule has 0 aromatic heterocycles. The minimum Gasteiger partial charge on any atom is -0.490 e. The van der Waals surface area contributed by atoms with E-state index in [1.54, 1.807) is 12.1 Å². The minimum atomic E-state index is -0.489. The van der Waals surface area contributed by atoms with Gasteiger partial charge < -0.3 is 21.1 Å². The van der Waals surface area contributed by atoms with Crippen molar-refractivity contribution in [2.45, 2.75) is 13.8 Å². The highest BCUT2D eigenvalue weighted by Gasteiger charge is 2.06. The fraction of sp³-hybridized carbons (Fsp3) is 0.462. The van der Waals surface area contributed by atoms with Crippen molar-refractivity contribution in [3.8, 4) is 5.75 Å². The number of likely N-dealkylation sites (N-methyl/N-ethyl adjacent to an activating group) is 1. The molecule has 0 spiro atoms. The van der Waals surface area contributed by atoms with Gasteiger partial charge >= 0.3 is 0 Å². The van der Waals surface area contributed by atoms with Gasteiger partial charge in [-0.3, -0.25) is 4.79 Å². The van der Waals surface area contributed by atoms with Crippen LogP contribution in [0.4, 0.5) is 5.69 Å². The van der Waals surface area contributed by atoms with Crippen molar-refractivity contribution < 1.29 is 9.53 Å². The summed E-state index contributed by atoms with van der Waals surface area (Å²) in [5, 5.41) is 0. The van der Waals surface area contributed by atoms with E-state index in [9.17, 15) is 4.79 Å². The highest BCUT2D eigenvalue weighted by atomic mass is 16.5. The van der Waals surface area contributed by atoms with Crippen LogP contribution in [0.3, 0.4) is 0 Å². The number of anilines is 1. The maximum absolute atomic E-state index is 11.0. The average molecular weight is 251 g/mol. The molecule has 0 heterocycles. The second-order valence-corrected chi connectivity index (χ2v) is 3.99. The number of carbonyl (C=O) groups excluding carboxylic acids is 1. The van der Waals surface area contributed by atoms with Crippen LogP contribution in [0.5, 0.6) is 5.75 Å². The Morgan fingerprint density at radius 1 is 1.33 bits per heavy atom. The Kier molecular flexibility index (Phi) is 5.45. The van der Waals surface area contributed by atoms with Crippen LogP contribution in [-0.4, -0.2) is 37.0 Å². The van der Waals surface area contributed by atoms with Crippen LogP contribution in [0.15, 0.2) is 18.2 Å². The van der Waals surface area contributed by atoms with Gasteiger partial charge in [0.2, 0.25) is 5.91 Å². The van der Waals surface area contributed by atoms with Gasteiger partial charge in [0.05, 0.1) is 5.69 Å². The van der Waals surface area contributed by atoms with Gasteiger partial charge in [0.1, 0.15) is 12.4 Å². The van der Waals surface area contributed by atoms with E-state index in [1.807, 2.05) is 0 Å². The molecule has 0 fully saturated rings. The number of nitrogens with zero attached hydrogens (tertiary/aromatic N) is 1. The van der Waals surface area contributed by atoms with Gasteiger partial charge in [-0.25, -0.2) is 0 Å². The maximum Gasteiger partial charge on any atom is 0.248 e. The highest BCUT2D eigenvalue weighted by Crippen LogP contribution is 2.22. The molecule has 1 rings (SSSR count). The lowest BCUT2D eigenvalue weighted by Crippen LogP contribution is -2.28. The van der Waals surface area contributed by atoms with Crippen LogP contribution in [-0.2, 0) is 0 Å². The number of amides is 1. The van der Waals surface area contributed by atoms with Crippen LogP contribution < -0.4 is 16.2 Å². The van der Waals surface area contributed by atoms with Crippen molar-refractivity contribution in [2.24, 2.45) is 5.73 Å². The summed E-state index contributed by atoms with van der Waals surface area (Å²) in [4.78, 5) is 13.2. The summed E-state index contributed by atoms with van der Waals surface area (Å²) in [6, 6.07) is 4.83. The van der Waals surface area contributed by atoms with Crippen molar-refractivity contribution >= 4 is 11.6 Å². The first-order valence-electron chi connectivity index (χ1n) is 6.13. The standard InChI is InChI=1S/C13H21N3O2/c1-3-16(4-2)7-8-18-12-6-5-10(13(15)17)9-11(12)14/h5-6,9H,3-4,7-8,14H2,1-2H3,(H2,15,17). The normalized spacial score (nSPS) is 10.6. The number of hydrogen-bond acceptors (Lipinski definition) is 4. The van der Waals surface area contributed by atoms with Crippen molar-refractivity contribution in [2.75, 3.05) is 32.0 Å². The number of benzene rings is 1. The predicted octanol–water partition coefficient (Wildman–Crippen LogP) is 1.09. The zero-order chi connectivity index (χ0) is 13.5. The van der Waals surface area contributed by atoms with E-state index < -0.39 is 5.91 Å². The lowest BCUT2D eigenvalue weighted by molar-refractivity contribution is 0.100. The summed E-state index contributed by atoms with van der Waals surface area (Å²) in [5.74, 6) is 0.101. The van der Waals surface area contributed by atoms with Crippen molar-refractivity contribution in [3.05, 3.63) is 23.8 Å². The molecule has 5 heteroatoms. The summed E-state index contributed by atoms with van der Waals surface area (Å²) >= 11 is 0. The number of carbonyl (C=O) groups is 1. The van der Waals surface area contributed by atoms with E-state index in [2.05, 4.69) is 18.7 Å². The smallest absolute Gasteiger partial charge is 0.248 e. The molecule has 0 saturated heterocycles. The molecule has 18 heavy (non-hydrogen) atoms. The van der Waals surface area contributed by atoms with Gasteiger partial charge in [0, 0.05) is 12.1 Å². The van der Waals surface area contributed by atoms with Gasteiger partial charge in [-0.1, -0.05) is 13.8 Å². The van der Waals surface area contributed by atoms with E-state index >= 15 is 0 Å². The number of primary amides is 1. The lowest BCUT2D eigenvalue weighted by atomic mass is 10.2. The monoisotopic (exact) mass is 251 g/mol. The fourth-order valence-corrected chi connectivity index (χ4v) is 1.66. The predicted molar refractivity (Wildman–Crippen MR) is 72.7 cm³/mol. The molecular weight excluding hydrogens is 230 g/mol. The van der Waals surface area contributed by atoms with E-state index in [0.717, 1.165) is 19.6 Å². The van der Waals surface area contributed by atoms with Crippen LogP contribution in [0, 0.1) is 0 Å². The summed E-state index contributed by atoms with van der Waals surface area (Å²) in [5.41, 5.74) is 11.8. The molecular formula is C13H21N3O2. The first-order chi connectivity index (χ1) is 8.58. The Hall–Kier alpha value is -1.75. The molecule has 100 valence electrons. The summed E-state index contributed by atoms with van der Waals surface area (Å²) in [6.07, 6.45) is 0.